The topological polar surface area (TPSA) is 42.0 Å². The highest BCUT2D eigenvalue weighted by Crippen LogP contribution is 2.16. The monoisotopic (exact) mass is 248 g/mol. The summed E-state index contributed by atoms with van der Waals surface area (Å²) < 4.78 is 25.9. The van der Waals surface area contributed by atoms with Crippen molar-refractivity contribution in [2.24, 2.45) is 0 Å². The number of carbonyl (C=O) groups is 1. The van der Waals surface area contributed by atoms with Gasteiger partial charge in [0.05, 0.1) is 0 Å². The van der Waals surface area contributed by atoms with Gasteiger partial charge in [0.1, 0.15) is 11.5 Å². The Labute approximate surface area is 102 Å². The molecule has 5 heteroatoms. The number of hydrogen-bond acceptors (Lipinski definition) is 2. The van der Waals surface area contributed by atoms with Crippen molar-refractivity contribution in [3.8, 4) is 0 Å². The van der Waals surface area contributed by atoms with Crippen LogP contribution < -0.4 is 5.32 Å². The molecule has 0 unspecified atom stereocenters. The number of carbonyl (C=O) groups excluding carboxylic acids is 1. The largest absolute Gasteiger partial charge is 0.320 e. The van der Waals surface area contributed by atoms with Gasteiger partial charge in [-0.1, -0.05) is 12.1 Å². The lowest BCUT2D eigenvalue weighted by molar-refractivity contribution is 0.102. The van der Waals surface area contributed by atoms with Gasteiger partial charge in [-0.2, -0.15) is 4.39 Å². The molecule has 2 rings (SSSR count). The molecular formula is C13H10F2N2O. The second-order valence-electron chi connectivity index (χ2n) is 3.76. The van der Waals surface area contributed by atoms with Crippen molar-refractivity contribution < 1.29 is 13.6 Å². The van der Waals surface area contributed by atoms with E-state index in [0.29, 0.717) is 11.3 Å². The minimum absolute atomic E-state index is 0.0568. The molecule has 0 saturated heterocycles. The maximum atomic E-state index is 13.0. The average molecular weight is 248 g/mol. The molecule has 0 radical (unpaired) electrons. The number of nitrogens with one attached hydrogen (secondary N) is 1. The van der Waals surface area contributed by atoms with Crippen molar-refractivity contribution in [1.29, 1.82) is 0 Å². The van der Waals surface area contributed by atoms with E-state index in [2.05, 4.69) is 10.3 Å². The fourth-order valence-electron chi connectivity index (χ4n) is 1.45. The summed E-state index contributed by atoms with van der Waals surface area (Å²) in [7, 11) is 0. The van der Waals surface area contributed by atoms with E-state index in [4.69, 9.17) is 0 Å². The maximum absolute atomic E-state index is 13.0. The van der Waals surface area contributed by atoms with Crippen LogP contribution >= 0.6 is 0 Å². The normalized spacial score (nSPS) is 10.2. The molecule has 0 atom stereocenters. The van der Waals surface area contributed by atoms with Crippen LogP contribution in [0.25, 0.3) is 0 Å². The Morgan fingerprint density at radius 1 is 1.22 bits per heavy atom. The molecule has 1 amide bonds. The van der Waals surface area contributed by atoms with E-state index >= 15 is 0 Å². The van der Waals surface area contributed by atoms with E-state index in [0.717, 1.165) is 6.07 Å². The second-order valence-corrected chi connectivity index (χ2v) is 3.76. The Morgan fingerprint density at radius 3 is 2.72 bits per heavy atom. The number of benzene rings is 1. The van der Waals surface area contributed by atoms with Gasteiger partial charge in [-0.05, 0) is 36.8 Å². The number of amides is 1. The van der Waals surface area contributed by atoms with Crippen LogP contribution in [0.1, 0.15) is 16.1 Å². The molecule has 2 aromatic rings. The van der Waals surface area contributed by atoms with E-state index in [1.54, 1.807) is 13.0 Å². The highest BCUT2D eigenvalue weighted by Gasteiger charge is 2.10. The Kier molecular flexibility index (Phi) is 3.32. The van der Waals surface area contributed by atoms with Crippen molar-refractivity contribution in [1.82, 2.24) is 4.98 Å². The number of nitrogens with zero attached hydrogens (tertiary/aromatic N) is 1. The molecule has 0 fully saturated rings. The van der Waals surface area contributed by atoms with E-state index in [9.17, 15) is 13.6 Å². The molecule has 1 aromatic heterocycles. The number of hydrogen-bond donors (Lipinski definition) is 1. The fraction of sp³-hybridized carbons (Fsp3) is 0.0769. The lowest BCUT2D eigenvalue weighted by Crippen LogP contribution is -2.15. The Morgan fingerprint density at radius 2 is 2.00 bits per heavy atom. The molecule has 1 heterocycles. The van der Waals surface area contributed by atoms with Crippen LogP contribution in [-0.4, -0.2) is 10.9 Å². The Hall–Kier alpha value is -2.30. The third kappa shape index (κ3) is 2.68. The number of rotatable bonds is 2. The van der Waals surface area contributed by atoms with Gasteiger partial charge in [0, 0.05) is 5.69 Å². The fourth-order valence-corrected chi connectivity index (χ4v) is 1.45. The summed E-state index contributed by atoms with van der Waals surface area (Å²) in [4.78, 5) is 15.2. The summed E-state index contributed by atoms with van der Waals surface area (Å²) in [6.07, 6.45) is 0. The summed E-state index contributed by atoms with van der Waals surface area (Å²) in [5.74, 6) is -1.77. The minimum atomic E-state index is -0.737. The number of aromatic nitrogens is 1. The van der Waals surface area contributed by atoms with Crippen molar-refractivity contribution in [2.45, 2.75) is 6.92 Å². The van der Waals surface area contributed by atoms with Gasteiger partial charge < -0.3 is 5.32 Å². The zero-order chi connectivity index (χ0) is 13.1. The molecule has 0 saturated carbocycles. The van der Waals surface area contributed by atoms with Crippen LogP contribution in [0.2, 0.25) is 0 Å². The van der Waals surface area contributed by atoms with Gasteiger partial charge in [-0.25, -0.2) is 9.37 Å². The van der Waals surface area contributed by atoms with Crippen LogP contribution in [0.4, 0.5) is 14.5 Å². The van der Waals surface area contributed by atoms with Crippen molar-refractivity contribution in [2.75, 3.05) is 5.32 Å². The van der Waals surface area contributed by atoms with Gasteiger partial charge in [0.15, 0.2) is 0 Å². The summed E-state index contributed by atoms with van der Waals surface area (Å²) in [6.45, 7) is 1.73. The smallest absolute Gasteiger partial charge is 0.274 e. The maximum Gasteiger partial charge on any atom is 0.274 e. The van der Waals surface area contributed by atoms with Crippen LogP contribution in [0.3, 0.4) is 0 Å². The summed E-state index contributed by atoms with van der Waals surface area (Å²) in [5, 5.41) is 2.49. The van der Waals surface area contributed by atoms with Crippen molar-refractivity contribution >= 4 is 11.6 Å². The number of pyridine rings is 1. The van der Waals surface area contributed by atoms with Gasteiger partial charge in [-0.15, -0.1) is 0 Å². The van der Waals surface area contributed by atoms with Gasteiger partial charge >= 0.3 is 0 Å². The SMILES string of the molecule is Cc1ccc(F)cc1NC(=O)c1cccc(F)n1. The molecular weight excluding hydrogens is 238 g/mol. The van der Waals surface area contributed by atoms with Crippen LogP contribution in [0.5, 0.6) is 0 Å². The molecule has 1 aromatic carbocycles. The number of halogens is 2. The first-order chi connectivity index (χ1) is 8.56. The minimum Gasteiger partial charge on any atom is -0.320 e. The first-order valence-electron chi connectivity index (χ1n) is 5.26. The zero-order valence-corrected chi connectivity index (χ0v) is 9.58. The van der Waals surface area contributed by atoms with Crippen LogP contribution in [-0.2, 0) is 0 Å². The standard InChI is InChI=1S/C13H10F2N2O/c1-8-5-6-9(14)7-11(8)17-13(18)10-3-2-4-12(15)16-10/h2-7H,1H3,(H,17,18). The average Bonchev–Trinajstić information content (AvgIpc) is 2.34. The number of aryl methyl sites for hydroxylation is 1. The van der Waals surface area contributed by atoms with E-state index in [-0.39, 0.29) is 5.69 Å². The summed E-state index contributed by atoms with van der Waals surface area (Å²) >= 11 is 0. The van der Waals surface area contributed by atoms with E-state index < -0.39 is 17.7 Å². The molecule has 92 valence electrons. The molecule has 3 nitrogen and oxygen atoms in total. The van der Waals surface area contributed by atoms with Crippen molar-refractivity contribution in [3.05, 3.63) is 59.4 Å². The van der Waals surface area contributed by atoms with Gasteiger partial charge in [0.25, 0.3) is 5.91 Å². The lowest BCUT2D eigenvalue weighted by Gasteiger charge is -2.07. The van der Waals surface area contributed by atoms with Crippen molar-refractivity contribution in [3.63, 3.8) is 0 Å². The number of anilines is 1. The van der Waals surface area contributed by atoms with E-state index in [1.807, 2.05) is 0 Å². The predicted molar refractivity (Wildman–Crippen MR) is 63.3 cm³/mol. The van der Waals surface area contributed by atoms with E-state index in [1.165, 1.54) is 24.3 Å². The Balaban J connectivity index is 2.24. The molecule has 0 spiro atoms. The van der Waals surface area contributed by atoms with Crippen LogP contribution in [0.15, 0.2) is 36.4 Å². The molecule has 1 N–H and O–H groups in total. The zero-order valence-electron chi connectivity index (χ0n) is 9.58. The molecule has 0 aliphatic heterocycles. The third-order valence-electron chi connectivity index (χ3n) is 2.40. The second kappa shape index (κ2) is 4.91. The molecule has 0 aliphatic rings. The highest BCUT2D eigenvalue weighted by molar-refractivity contribution is 6.03. The first-order valence-corrected chi connectivity index (χ1v) is 5.26. The van der Waals surface area contributed by atoms with Gasteiger partial charge in [-0.3, -0.25) is 4.79 Å². The predicted octanol–water partition coefficient (Wildman–Crippen LogP) is 2.92. The Bertz CT molecular complexity index is 599. The van der Waals surface area contributed by atoms with Gasteiger partial charge in [0.2, 0.25) is 5.95 Å². The lowest BCUT2D eigenvalue weighted by atomic mass is 10.2. The highest BCUT2D eigenvalue weighted by atomic mass is 19.1. The van der Waals surface area contributed by atoms with Crippen LogP contribution in [0, 0.1) is 18.7 Å². The quantitative estimate of drug-likeness (QED) is 0.830. The summed E-state index contributed by atoms with van der Waals surface area (Å²) in [6, 6.07) is 7.95. The molecule has 18 heavy (non-hydrogen) atoms. The summed E-state index contributed by atoms with van der Waals surface area (Å²) in [5.41, 5.74) is 0.992. The first kappa shape index (κ1) is 12.2. The molecule has 0 bridgehead atoms. The third-order valence-corrected chi connectivity index (χ3v) is 2.40. The molecule has 0 aliphatic carbocycles.